The molecule has 0 aliphatic carbocycles. The number of phenols is 1. The number of aromatic hydroxyl groups is 1. The van der Waals surface area contributed by atoms with E-state index in [2.05, 4.69) is 42.3 Å². The first kappa shape index (κ1) is 16.3. The van der Waals surface area contributed by atoms with Crippen LogP contribution in [0, 0.1) is 27.7 Å². The normalized spacial score (nSPS) is 13.7. The maximum Gasteiger partial charge on any atom is 0.121 e. The first-order valence-corrected chi connectivity index (χ1v) is 7.80. The van der Waals surface area contributed by atoms with Crippen molar-refractivity contribution in [1.82, 2.24) is 4.98 Å². The van der Waals surface area contributed by atoms with Gasteiger partial charge < -0.3 is 10.4 Å². The van der Waals surface area contributed by atoms with Crippen molar-refractivity contribution < 1.29 is 5.11 Å². The van der Waals surface area contributed by atoms with E-state index in [4.69, 9.17) is 0 Å². The molecular formula is C19H26N2O. The smallest absolute Gasteiger partial charge is 0.121 e. The average Bonchev–Trinajstić information content (AvgIpc) is 2.46. The topological polar surface area (TPSA) is 45.1 Å². The Balaban J connectivity index is 2.20. The molecule has 3 heteroatoms. The van der Waals surface area contributed by atoms with Crippen LogP contribution in [0.1, 0.15) is 47.8 Å². The van der Waals surface area contributed by atoms with E-state index in [9.17, 15) is 5.11 Å². The molecule has 0 aliphatic heterocycles. The molecule has 0 fully saturated rings. The molecule has 0 saturated heterocycles. The first-order chi connectivity index (χ1) is 10.3. The van der Waals surface area contributed by atoms with E-state index < -0.39 is 0 Å². The molecule has 0 saturated carbocycles. The molecule has 1 aromatic heterocycles. The van der Waals surface area contributed by atoms with Crippen molar-refractivity contribution in [1.29, 1.82) is 0 Å². The number of hydrogen-bond acceptors (Lipinski definition) is 3. The second kappa shape index (κ2) is 6.39. The second-order valence-corrected chi connectivity index (χ2v) is 6.31. The number of phenolic OH excluding ortho intramolecular Hbond substituents is 1. The van der Waals surface area contributed by atoms with Gasteiger partial charge in [0.2, 0.25) is 0 Å². The summed E-state index contributed by atoms with van der Waals surface area (Å²) in [5.74, 6) is 0.730. The van der Waals surface area contributed by atoms with Gasteiger partial charge in [0, 0.05) is 17.7 Å². The van der Waals surface area contributed by atoms with Gasteiger partial charge in [0.1, 0.15) is 5.75 Å². The fourth-order valence-electron chi connectivity index (χ4n) is 2.75. The van der Waals surface area contributed by atoms with Gasteiger partial charge in [-0.15, -0.1) is 0 Å². The van der Waals surface area contributed by atoms with E-state index in [1.54, 1.807) is 0 Å². The van der Waals surface area contributed by atoms with Crippen LogP contribution in [-0.2, 0) is 0 Å². The summed E-state index contributed by atoms with van der Waals surface area (Å²) < 4.78 is 0. The molecule has 2 atom stereocenters. The maximum atomic E-state index is 9.92. The zero-order chi connectivity index (χ0) is 16.4. The van der Waals surface area contributed by atoms with Crippen molar-refractivity contribution in [2.45, 2.75) is 53.5 Å². The SMILES string of the molecule is Cc1ccc(NC(C)C(C)c2cc(C)c(O)c(C)c2)c(C)n1. The Morgan fingerprint density at radius 1 is 1.00 bits per heavy atom. The van der Waals surface area contributed by atoms with Gasteiger partial charge in [-0.1, -0.05) is 19.1 Å². The van der Waals surface area contributed by atoms with Crippen molar-refractivity contribution in [3.05, 3.63) is 52.3 Å². The van der Waals surface area contributed by atoms with Crippen molar-refractivity contribution >= 4 is 5.69 Å². The molecule has 118 valence electrons. The van der Waals surface area contributed by atoms with Crippen molar-refractivity contribution in [3.8, 4) is 5.75 Å². The molecule has 3 nitrogen and oxygen atoms in total. The summed E-state index contributed by atoms with van der Waals surface area (Å²) in [5.41, 5.74) is 6.25. The first-order valence-electron chi connectivity index (χ1n) is 7.80. The third kappa shape index (κ3) is 3.41. The molecule has 0 amide bonds. The Hall–Kier alpha value is -2.03. The van der Waals surface area contributed by atoms with Gasteiger partial charge in [0.25, 0.3) is 0 Å². The Labute approximate surface area is 133 Å². The number of anilines is 1. The van der Waals surface area contributed by atoms with E-state index in [-0.39, 0.29) is 6.04 Å². The molecule has 22 heavy (non-hydrogen) atoms. The summed E-state index contributed by atoms with van der Waals surface area (Å²) in [6, 6.07) is 8.54. The third-order valence-electron chi connectivity index (χ3n) is 4.40. The lowest BCUT2D eigenvalue weighted by atomic mass is 9.91. The van der Waals surface area contributed by atoms with Crippen molar-refractivity contribution in [2.24, 2.45) is 0 Å². The zero-order valence-corrected chi connectivity index (χ0v) is 14.4. The van der Waals surface area contributed by atoms with Crippen LogP contribution < -0.4 is 5.32 Å². The van der Waals surface area contributed by atoms with Crippen LogP contribution in [-0.4, -0.2) is 16.1 Å². The number of pyridine rings is 1. The highest BCUT2D eigenvalue weighted by molar-refractivity contribution is 5.50. The minimum Gasteiger partial charge on any atom is -0.507 e. The molecule has 1 aromatic carbocycles. The van der Waals surface area contributed by atoms with Crippen LogP contribution in [0.2, 0.25) is 0 Å². The van der Waals surface area contributed by atoms with E-state index in [1.165, 1.54) is 5.56 Å². The highest BCUT2D eigenvalue weighted by Crippen LogP contribution is 2.29. The summed E-state index contributed by atoms with van der Waals surface area (Å²) in [6.07, 6.45) is 0. The molecule has 2 rings (SSSR count). The standard InChI is InChI=1S/C19H26N2O/c1-11-9-17(10-12(2)19(11)22)14(4)15(5)21-18-8-7-13(3)20-16(18)6/h7-10,14-15,21-22H,1-6H3. The Kier molecular flexibility index (Phi) is 4.74. The van der Waals surface area contributed by atoms with Crippen LogP contribution in [0.4, 0.5) is 5.69 Å². The number of aryl methyl sites for hydroxylation is 4. The maximum absolute atomic E-state index is 9.92. The van der Waals surface area contributed by atoms with Crippen LogP contribution in [0.25, 0.3) is 0 Å². The molecule has 0 bridgehead atoms. The number of hydrogen-bond donors (Lipinski definition) is 2. The Morgan fingerprint density at radius 2 is 1.59 bits per heavy atom. The number of nitrogens with one attached hydrogen (secondary N) is 1. The van der Waals surface area contributed by atoms with Crippen LogP contribution in [0.5, 0.6) is 5.75 Å². The minimum atomic E-state index is 0.270. The predicted octanol–water partition coefficient (Wildman–Crippen LogP) is 4.62. The van der Waals surface area contributed by atoms with Crippen molar-refractivity contribution in [3.63, 3.8) is 0 Å². The van der Waals surface area contributed by atoms with Crippen LogP contribution in [0.15, 0.2) is 24.3 Å². The highest BCUT2D eigenvalue weighted by atomic mass is 16.3. The Bertz CT molecular complexity index is 656. The molecule has 0 spiro atoms. The number of nitrogens with zero attached hydrogens (tertiary/aromatic N) is 1. The monoisotopic (exact) mass is 298 g/mol. The van der Waals surface area contributed by atoms with Gasteiger partial charge in [-0.3, -0.25) is 4.98 Å². The van der Waals surface area contributed by atoms with E-state index in [1.807, 2.05) is 33.8 Å². The lowest BCUT2D eigenvalue weighted by Gasteiger charge is -2.24. The molecule has 2 N–H and O–H groups in total. The molecule has 2 unspecified atom stereocenters. The zero-order valence-electron chi connectivity index (χ0n) is 14.4. The summed E-state index contributed by atoms with van der Waals surface area (Å²) in [4.78, 5) is 4.50. The Morgan fingerprint density at radius 3 is 2.14 bits per heavy atom. The van der Waals surface area contributed by atoms with E-state index in [0.717, 1.165) is 28.2 Å². The second-order valence-electron chi connectivity index (χ2n) is 6.31. The van der Waals surface area contributed by atoms with Gasteiger partial charge >= 0.3 is 0 Å². The van der Waals surface area contributed by atoms with Gasteiger partial charge in [-0.25, -0.2) is 0 Å². The molecule has 2 aromatic rings. The average molecular weight is 298 g/mol. The highest BCUT2D eigenvalue weighted by Gasteiger charge is 2.17. The van der Waals surface area contributed by atoms with E-state index >= 15 is 0 Å². The molecule has 0 aliphatic rings. The molecular weight excluding hydrogens is 272 g/mol. The van der Waals surface area contributed by atoms with Crippen LogP contribution in [0.3, 0.4) is 0 Å². The molecule has 0 radical (unpaired) electrons. The summed E-state index contributed by atoms with van der Waals surface area (Å²) in [7, 11) is 0. The number of aromatic nitrogens is 1. The summed E-state index contributed by atoms with van der Waals surface area (Å²) in [6.45, 7) is 12.3. The molecule has 1 heterocycles. The van der Waals surface area contributed by atoms with Gasteiger partial charge in [0.05, 0.1) is 11.4 Å². The summed E-state index contributed by atoms with van der Waals surface area (Å²) >= 11 is 0. The van der Waals surface area contributed by atoms with Gasteiger partial charge in [0.15, 0.2) is 0 Å². The van der Waals surface area contributed by atoms with Gasteiger partial charge in [-0.05, 0) is 63.4 Å². The fraction of sp³-hybridized carbons (Fsp3) is 0.421. The number of benzene rings is 1. The van der Waals surface area contributed by atoms with Gasteiger partial charge in [-0.2, -0.15) is 0 Å². The third-order valence-corrected chi connectivity index (χ3v) is 4.40. The lowest BCUT2D eigenvalue weighted by molar-refractivity contribution is 0.466. The predicted molar refractivity (Wildman–Crippen MR) is 92.8 cm³/mol. The minimum absolute atomic E-state index is 0.270. The lowest BCUT2D eigenvalue weighted by Crippen LogP contribution is -2.23. The fourth-order valence-corrected chi connectivity index (χ4v) is 2.75. The van der Waals surface area contributed by atoms with E-state index in [0.29, 0.717) is 11.7 Å². The largest absolute Gasteiger partial charge is 0.507 e. The summed E-state index contributed by atoms with van der Waals surface area (Å²) in [5, 5.41) is 13.5. The van der Waals surface area contributed by atoms with Crippen LogP contribution >= 0.6 is 0 Å². The van der Waals surface area contributed by atoms with Crippen molar-refractivity contribution in [2.75, 3.05) is 5.32 Å². The quantitative estimate of drug-likeness (QED) is 0.865. The number of rotatable bonds is 4.